The van der Waals surface area contributed by atoms with Crippen molar-refractivity contribution in [2.75, 3.05) is 25.0 Å². The number of nitrogens with zero attached hydrogens (tertiary/aromatic N) is 5. The summed E-state index contributed by atoms with van der Waals surface area (Å²) in [6.07, 6.45) is 4.47. The first-order valence-corrected chi connectivity index (χ1v) is 12.2. The molecule has 0 saturated carbocycles. The van der Waals surface area contributed by atoms with Crippen LogP contribution in [0.3, 0.4) is 0 Å². The molecule has 170 valence electrons. The molecular formula is C24H26N6O2S. The molecule has 2 aromatic heterocycles. The number of benzene rings is 1. The van der Waals surface area contributed by atoms with Crippen LogP contribution in [0, 0.1) is 0 Å². The van der Waals surface area contributed by atoms with Gasteiger partial charge >= 0.3 is 6.03 Å². The molecule has 0 unspecified atom stereocenters. The van der Waals surface area contributed by atoms with Gasteiger partial charge in [0.2, 0.25) is 0 Å². The maximum Gasteiger partial charge on any atom is 0.320 e. The number of hydrogen-bond acceptors (Lipinski definition) is 7. The second-order valence-corrected chi connectivity index (χ2v) is 10.1. The molecule has 3 aliphatic rings. The third-order valence-electron chi connectivity index (χ3n) is 6.50. The van der Waals surface area contributed by atoms with E-state index >= 15 is 0 Å². The molecule has 0 aliphatic carbocycles. The van der Waals surface area contributed by atoms with Crippen molar-refractivity contribution in [3.05, 3.63) is 46.1 Å². The van der Waals surface area contributed by atoms with Gasteiger partial charge in [-0.05, 0) is 49.1 Å². The van der Waals surface area contributed by atoms with E-state index in [2.05, 4.69) is 38.5 Å². The lowest BCUT2D eigenvalue weighted by molar-refractivity contribution is -0.0585. The Labute approximate surface area is 196 Å². The van der Waals surface area contributed by atoms with E-state index in [9.17, 15) is 4.79 Å². The highest BCUT2D eigenvalue weighted by atomic mass is 32.1. The standard InChI is InChI=1S/C24H26N6O2S/c1-14-10-30(11-15(2)32-14)24(31)29-6-5-19-20(12-29)33-23-21(19)22(26-13-27-23)28-18-4-3-16-8-25-9-17(16)7-18/h3-4,7,9,13-15H,5-6,8,10-12H2,1-2H3,(H,26,27,28)/t14-,15+. The first-order chi connectivity index (χ1) is 16.0. The van der Waals surface area contributed by atoms with E-state index in [-0.39, 0.29) is 18.2 Å². The summed E-state index contributed by atoms with van der Waals surface area (Å²) in [5.41, 5.74) is 4.65. The van der Waals surface area contributed by atoms with Gasteiger partial charge in [-0.15, -0.1) is 11.3 Å². The molecule has 0 spiro atoms. The first-order valence-electron chi connectivity index (χ1n) is 11.4. The number of nitrogens with one attached hydrogen (secondary N) is 1. The van der Waals surface area contributed by atoms with Crippen LogP contribution in [0.1, 0.15) is 35.4 Å². The number of amides is 2. The first kappa shape index (κ1) is 20.6. The molecule has 1 fully saturated rings. The van der Waals surface area contributed by atoms with Crippen LogP contribution in [-0.4, -0.2) is 63.9 Å². The molecule has 8 nitrogen and oxygen atoms in total. The largest absolute Gasteiger partial charge is 0.372 e. The summed E-state index contributed by atoms with van der Waals surface area (Å²) in [5.74, 6) is 0.822. The molecule has 3 aliphatic heterocycles. The lowest BCUT2D eigenvalue weighted by atomic mass is 10.0. The van der Waals surface area contributed by atoms with E-state index in [0.717, 1.165) is 40.3 Å². The van der Waals surface area contributed by atoms with Crippen molar-refractivity contribution in [3.63, 3.8) is 0 Å². The number of aliphatic imine (C=N–C) groups is 1. The minimum absolute atomic E-state index is 0.0665. The lowest BCUT2D eigenvalue weighted by Crippen LogP contribution is -2.53. The Hall–Kier alpha value is -3.04. The van der Waals surface area contributed by atoms with Crippen molar-refractivity contribution < 1.29 is 9.53 Å². The van der Waals surface area contributed by atoms with E-state index in [1.165, 1.54) is 16.0 Å². The SMILES string of the molecule is C[C@@H]1CN(C(=O)N2CCc3c(sc4ncnc(Nc5ccc6c(c5)C=NC6)c34)C2)C[C@H](C)O1. The zero-order valence-electron chi connectivity index (χ0n) is 18.7. The normalized spacial score (nSPS) is 21.9. The summed E-state index contributed by atoms with van der Waals surface area (Å²) in [5, 5.41) is 4.58. The maximum atomic E-state index is 13.2. The van der Waals surface area contributed by atoms with E-state index in [4.69, 9.17) is 4.74 Å². The van der Waals surface area contributed by atoms with E-state index in [0.29, 0.717) is 26.2 Å². The predicted octanol–water partition coefficient (Wildman–Crippen LogP) is 3.95. The molecular weight excluding hydrogens is 436 g/mol. The Morgan fingerprint density at radius 3 is 2.88 bits per heavy atom. The number of fused-ring (bicyclic) bond motifs is 4. The number of carbonyl (C=O) groups excluding carboxylic acids is 1. The van der Waals surface area contributed by atoms with Gasteiger partial charge in [0.1, 0.15) is 17.0 Å². The van der Waals surface area contributed by atoms with Crippen LogP contribution < -0.4 is 5.32 Å². The average Bonchev–Trinajstić information content (AvgIpc) is 3.41. The smallest absolute Gasteiger partial charge is 0.320 e. The molecule has 1 N–H and O–H groups in total. The van der Waals surface area contributed by atoms with Crippen molar-refractivity contribution in [1.29, 1.82) is 0 Å². The number of hydrogen-bond donors (Lipinski definition) is 1. The molecule has 1 saturated heterocycles. The fourth-order valence-corrected chi connectivity index (χ4v) is 6.24. The Kier molecular flexibility index (Phi) is 5.03. The molecule has 9 heteroatoms. The molecule has 3 aromatic rings. The quantitative estimate of drug-likeness (QED) is 0.623. The van der Waals surface area contributed by atoms with Crippen molar-refractivity contribution in [3.8, 4) is 0 Å². The number of aromatic nitrogens is 2. The topological polar surface area (TPSA) is 83.0 Å². The molecule has 0 bridgehead atoms. The van der Waals surface area contributed by atoms with Gasteiger partial charge in [0.25, 0.3) is 0 Å². The second kappa shape index (κ2) is 8.07. The van der Waals surface area contributed by atoms with Gasteiger partial charge in [-0.3, -0.25) is 4.99 Å². The third-order valence-corrected chi connectivity index (χ3v) is 7.62. The zero-order chi connectivity index (χ0) is 22.5. The number of morpholine rings is 1. The number of anilines is 2. The van der Waals surface area contributed by atoms with Crippen LogP contribution in [0.5, 0.6) is 0 Å². The summed E-state index contributed by atoms with van der Waals surface area (Å²) < 4.78 is 5.80. The zero-order valence-corrected chi connectivity index (χ0v) is 19.6. The summed E-state index contributed by atoms with van der Waals surface area (Å²) >= 11 is 1.66. The Bertz CT molecular complexity index is 1260. The molecule has 2 atom stereocenters. The molecule has 5 heterocycles. The lowest BCUT2D eigenvalue weighted by Gasteiger charge is -2.39. The molecule has 33 heavy (non-hydrogen) atoms. The highest BCUT2D eigenvalue weighted by molar-refractivity contribution is 7.19. The fraction of sp³-hybridized carbons (Fsp3) is 0.417. The Balaban J connectivity index is 1.26. The van der Waals surface area contributed by atoms with Gasteiger partial charge in [0, 0.05) is 36.4 Å². The van der Waals surface area contributed by atoms with E-state index in [1.54, 1.807) is 17.7 Å². The number of rotatable bonds is 2. The molecule has 2 amide bonds. The van der Waals surface area contributed by atoms with Gasteiger partial charge in [-0.1, -0.05) is 6.07 Å². The van der Waals surface area contributed by atoms with E-state index in [1.807, 2.05) is 29.9 Å². The summed E-state index contributed by atoms with van der Waals surface area (Å²) in [6.45, 7) is 7.40. The number of urea groups is 1. The van der Waals surface area contributed by atoms with Crippen LogP contribution >= 0.6 is 11.3 Å². The molecule has 6 rings (SSSR count). The van der Waals surface area contributed by atoms with Crippen LogP contribution in [0.25, 0.3) is 10.2 Å². The number of ether oxygens (including phenoxy) is 1. The van der Waals surface area contributed by atoms with E-state index < -0.39 is 0 Å². The van der Waals surface area contributed by atoms with Crippen molar-refractivity contribution >= 4 is 45.3 Å². The Morgan fingerprint density at radius 1 is 1.18 bits per heavy atom. The minimum Gasteiger partial charge on any atom is -0.372 e. The van der Waals surface area contributed by atoms with Gasteiger partial charge < -0.3 is 19.9 Å². The highest BCUT2D eigenvalue weighted by Crippen LogP contribution is 2.38. The monoisotopic (exact) mass is 462 g/mol. The average molecular weight is 463 g/mol. The molecule has 1 aromatic carbocycles. The number of thiophene rings is 1. The second-order valence-electron chi connectivity index (χ2n) is 9.03. The van der Waals surface area contributed by atoms with Crippen molar-refractivity contribution in [2.24, 2.45) is 4.99 Å². The summed E-state index contributed by atoms with van der Waals surface area (Å²) in [7, 11) is 0. The van der Waals surface area contributed by atoms with Gasteiger partial charge in [0.15, 0.2) is 0 Å². The van der Waals surface area contributed by atoms with Crippen LogP contribution in [0.2, 0.25) is 0 Å². The fourth-order valence-electron chi connectivity index (χ4n) is 5.04. The maximum absolute atomic E-state index is 13.2. The minimum atomic E-state index is 0.0665. The predicted molar refractivity (Wildman–Crippen MR) is 130 cm³/mol. The Morgan fingerprint density at radius 2 is 2.03 bits per heavy atom. The number of carbonyl (C=O) groups is 1. The van der Waals surface area contributed by atoms with Gasteiger partial charge in [-0.2, -0.15) is 0 Å². The summed E-state index contributed by atoms with van der Waals surface area (Å²) in [4.78, 5) is 32.7. The highest BCUT2D eigenvalue weighted by Gasteiger charge is 2.32. The van der Waals surface area contributed by atoms with Crippen LogP contribution in [-0.2, 0) is 24.2 Å². The van der Waals surface area contributed by atoms with Crippen LogP contribution in [0.15, 0.2) is 29.5 Å². The third kappa shape index (κ3) is 3.75. The van der Waals surface area contributed by atoms with Crippen molar-refractivity contribution in [1.82, 2.24) is 19.8 Å². The summed E-state index contributed by atoms with van der Waals surface area (Å²) in [6, 6.07) is 6.40. The molecule has 0 radical (unpaired) electrons. The van der Waals surface area contributed by atoms with Gasteiger partial charge in [-0.25, -0.2) is 14.8 Å². The van der Waals surface area contributed by atoms with Gasteiger partial charge in [0.05, 0.1) is 30.7 Å². The van der Waals surface area contributed by atoms with Crippen molar-refractivity contribution in [2.45, 2.75) is 45.6 Å². The van der Waals surface area contributed by atoms with Crippen LogP contribution in [0.4, 0.5) is 16.3 Å².